The van der Waals surface area contributed by atoms with Crippen LogP contribution in [0, 0.1) is 5.41 Å². The van der Waals surface area contributed by atoms with Gasteiger partial charge in [-0.3, -0.25) is 4.90 Å². The molecule has 7 nitrogen and oxygen atoms in total. The largest absolute Gasteiger partial charge is 0.493 e. The molecule has 4 aromatic rings. The molecule has 9 heteroatoms. The smallest absolute Gasteiger partial charge is 0.416 e. The van der Waals surface area contributed by atoms with Gasteiger partial charge in [0.1, 0.15) is 17.5 Å². The van der Waals surface area contributed by atoms with E-state index in [1.807, 2.05) is 42.5 Å². The normalized spacial score (nSPS) is 15.4. The summed E-state index contributed by atoms with van der Waals surface area (Å²) in [4.78, 5) is 18.6. The molecule has 0 saturated carbocycles. The number of benzene rings is 3. The SMILES string of the molecule is CC(CO)(CO)COc1ccc([C@H]2c3[nH]c4ccc(Cl)cc4c3CCN2C(=O)Oc2ccc(Cl)cc2)cc1. The van der Waals surface area contributed by atoms with E-state index in [2.05, 4.69) is 4.98 Å². The van der Waals surface area contributed by atoms with Crippen molar-refractivity contribution in [1.82, 2.24) is 9.88 Å². The Kier molecular flexibility index (Phi) is 7.54. The molecule has 3 N–H and O–H groups in total. The molecule has 1 aromatic heterocycles. The summed E-state index contributed by atoms with van der Waals surface area (Å²) in [7, 11) is 0. The average molecular weight is 555 g/mol. The number of nitrogens with one attached hydrogen (secondary N) is 1. The summed E-state index contributed by atoms with van der Waals surface area (Å²) in [5, 5.41) is 21.3. The van der Waals surface area contributed by atoms with E-state index in [0.717, 1.165) is 27.7 Å². The Morgan fingerprint density at radius 3 is 2.34 bits per heavy atom. The Balaban J connectivity index is 1.48. The van der Waals surface area contributed by atoms with Crippen molar-refractivity contribution in [3.05, 3.63) is 93.6 Å². The Hall–Kier alpha value is -3.23. The van der Waals surface area contributed by atoms with Gasteiger partial charge in [-0.15, -0.1) is 0 Å². The lowest BCUT2D eigenvalue weighted by atomic mass is 9.92. The first-order valence-corrected chi connectivity index (χ1v) is 13.0. The molecule has 1 aliphatic rings. The van der Waals surface area contributed by atoms with Crippen molar-refractivity contribution in [1.29, 1.82) is 0 Å². The lowest BCUT2D eigenvalue weighted by molar-refractivity contribution is 0.0287. The van der Waals surface area contributed by atoms with Crippen LogP contribution in [0.15, 0.2) is 66.7 Å². The van der Waals surface area contributed by atoms with Crippen molar-refractivity contribution in [2.45, 2.75) is 19.4 Å². The van der Waals surface area contributed by atoms with Crippen LogP contribution in [-0.2, 0) is 6.42 Å². The molecule has 0 unspecified atom stereocenters. The van der Waals surface area contributed by atoms with Gasteiger partial charge in [0.25, 0.3) is 0 Å². The summed E-state index contributed by atoms with van der Waals surface area (Å²) in [5.41, 5.74) is 3.10. The highest BCUT2D eigenvalue weighted by Crippen LogP contribution is 2.40. The highest BCUT2D eigenvalue weighted by Gasteiger charge is 2.36. The number of aliphatic hydroxyl groups excluding tert-OH is 2. The average Bonchev–Trinajstić information content (AvgIpc) is 3.30. The van der Waals surface area contributed by atoms with Gasteiger partial charge in [0, 0.05) is 38.6 Å². The number of rotatable bonds is 7. The number of carbonyl (C=O) groups is 1. The molecule has 38 heavy (non-hydrogen) atoms. The van der Waals surface area contributed by atoms with Gasteiger partial charge in [-0.05, 0) is 72.1 Å². The number of ether oxygens (including phenoxy) is 2. The Morgan fingerprint density at radius 1 is 1.00 bits per heavy atom. The Bertz CT molecular complexity index is 1430. The van der Waals surface area contributed by atoms with Crippen LogP contribution in [-0.4, -0.2) is 52.6 Å². The molecule has 198 valence electrons. The van der Waals surface area contributed by atoms with Gasteiger partial charge in [0.15, 0.2) is 0 Å². The molecule has 0 radical (unpaired) electrons. The summed E-state index contributed by atoms with van der Waals surface area (Å²) >= 11 is 12.3. The van der Waals surface area contributed by atoms with Gasteiger partial charge in [-0.25, -0.2) is 4.79 Å². The topological polar surface area (TPSA) is 95.0 Å². The van der Waals surface area contributed by atoms with E-state index < -0.39 is 17.6 Å². The number of amides is 1. The summed E-state index contributed by atoms with van der Waals surface area (Å²) in [6.45, 7) is 1.97. The highest BCUT2D eigenvalue weighted by molar-refractivity contribution is 6.31. The minimum absolute atomic E-state index is 0.162. The molecule has 0 aliphatic carbocycles. The standard InChI is InChI=1S/C29H28Cl2N2O5/c1-29(15-34,16-35)17-37-21-7-2-18(3-8-21)27-26-23(24-14-20(31)6-11-25(24)32-26)12-13-33(27)28(36)38-22-9-4-19(30)5-10-22/h2-11,14,27,32,34-35H,12-13,15-17H2,1H3/t27-/m0/s1. The number of fused-ring (bicyclic) bond motifs is 3. The lowest BCUT2D eigenvalue weighted by Gasteiger charge is -2.35. The zero-order valence-electron chi connectivity index (χ0n) is 20.8. The van der Waals surface area contributed by atoms with Crippen LogP contribution >= 0.6 is 23.2 Å². The Morgan fingerprint density at radius 2 is 1.66 bits per heavy atom. The Labute approximate surface area is 230 Å². The number of aliphatic hydroxyl groups is 2. The van der Waals surface area contributed by atoms with E-state index in [0.29, 0.717) is 34.5 Å². The minimum Gasteiger partial charge on any atom is -0.493 e. The molecule has 0 fully saturated rings. The predicted octanol–water partition coefficient (Wildman–Crippen LogP) is 5.99. The maximum absolute atomic E-state index is 13.4. The predicted molar refractivity (Wildman–Crippen MR) is 147 cm³/mol. The maximum atomic E-state index is 13.4. The number of hydrogen-bond donors (Lipinski definition) is 3. The first-order valence-electron chi connectivity index (χ1n) is 12.3. The van der Waals surface area contributed by atoms with Crippen molar-refractivity contribution in [3.8, 4) is 11.5 Å². The summed E-state index contributed by atoms with van der Waals surface area (Å²) in [6, 6.07) is 19.4. The van der Waals surface area contributed by atoms with Crippen molar-refractivity contribution < 1.29 is 24.5 Å². The van der Waals surface area contributed by atoms with Gasteiger partial charge in [0.05, 0.1) is 19.8 Å². The van der Waals surface area contributed by atoms with Gasteiger partial charge >= 0.3 is 6.09 Å². The second-order valence-corrected chi connectivity index (χ2v) is 10.7. The van der Waals surface area contributed by atoms with E-state index in [9.17, 15) is 15.0 Å². The first kappa shape index (κ1) is 26.4. The molecule has 1 aliphatic heterocycles. The quantitative estimate of drug-likeness (QED) is 0.261. The van der Waals surface area contributed by atoms with Crippen LogP contribution in [0.3, 0.4) is 0 Å². The number of halogens is 2. The number of carbonyl (C=O) groups excluding carboxylic acids is 1. The lowest BCUT2D eigenvalue weighted by Crippen LogP contribution is -2.42. The molecule has 2 heterocycles. The molecular weight excluding hydrogens is 527 g/mol. The van der Waals surface area contributed by atoms with E-state index >= 15 is 0 Å². The third kappa shape index (κ3) is 5.33. The molecule has 3 aromatic carbocycles. The van der Waals surface area contributed by atoms with Crippen molar-refractivity contribution in [2.24, 2.45) is 5.41 Å². The molecule has 1 amide bonds. The van der Waals surface area contributed by atoms with Crippen LogP contribution in [0.5, 0.6) is 11.5 Å². The second-order valence-electron chi connectivity index (χ2n) is 9.86. The fraction of sp³-hybridized carbons (Fsp3) is 0.276. The van der Waals surface area contributed by atoms with Gasteiger partial charge in [0.2, 0.25) is 0 Å². The molecule has 0 bridgehead atoms. The monoisotopic (exact) mass is 554 g/mol. The second kappa shape index (κ2) is 10.9. The first-order chi connectivity index (χ1) is 18.3. The van der Waals surface area contributed by atoms with Gasteiger partial charge < -0.3 is 24.7 Å². The number of H-pyrrole nitrogens is 1. The third-order valence-corrected chi connectivity index (χ3v) is 7.38. The molecule has 1 atom stereocenters. The minimum atomic E-state index is -0.745. The van der Waals surface area contributed by atoms with Crippen LogP contribution in [0.2, 0.25) is 10.0 Å². The van der Waals surface area contributed by atoms with Crippen LogP contribution in [0.1, 0.15) is 29.8 Å². The van der Waals surface area contributed by atoms with E-state index in [-0.39, 0.29) is 19.8 Å². The zero-order chi connectivity index (χ0) is 26.9. The van der Waals surface area contributed by atoms with Crippen LogP contribution < -0.4 is 9.47 Å². The van der Waals surface area contributed by atoms with E-state index in [1.54, 1.807) is 36.1 Å². The summed E-state index contributed by atoms with van der Waals surface area (Å²) < 4.78 is 11.5. The fourth-order valence-corrected chi connectivity index (χ4v) is 4.91. The van der Waals surface area contributed by atoms with E-state index in [1.165, 1.54) is 0 Å². The third-order valence-electron chi connectivity index (χ3n) is 6.89. The van der Waals surface area contributed by atoms with Crippen molar-refractivity contribution in [2.75, 3.05) is 26.4 Å². The highest BCUT2D eigenvalue weighted by atomic mass is 35.5. The summed E-state index contributed by atoms with van der Waals surface area (Å²) in [6.07, 6.45) is 0.172. The van der Waals surface area contributed by atoms with Gasteiger partial charge in [-0.2, -0.15) is 0 Å². The molecular formula is C29H28Cl2N2O5. The van der Waals surface area contributed by atoms with Crippen molar-refractivity contribution in [3.63, 3.8) is 0 Å². The number of aromatic amines is 1. The number of aromatic nitrogens is 1. The fourth-order valence-electron chi connectivity index (χ4n) is 4.61. The van der Waals surface area contributed by atoms with Crippen LogP contribution in [0.25, 0.3) is 10.9 Å². The molecule has 0 saturated heterocycles. The zero-order valence-corrected chi connectivity index (χ0v) is 22.3. The number of nitrogens with zero attached hydrogens (tertiary/aromatic N) is 1. The maximum Gasteiger partial charge on any atom is 0.416 e. The van der Waals surface area contributed by atoms with Gasteiger partial charge in [-0.1, -0.05) is 42.3 Å². The van der Waals surface area contributed by atoms with E-state index in [4.69, 9.17) is 32.7 Å². The summed E-state index contributed by atoms with van der Waals surface area (Å²) in [5.74, 6) is 1.00. The molecule has 0 spiro atoms. The molecule has 5 rings (SSSR count). The van der Waals surface area contributed by atoms with Crippen molar-refractivity contribution >= 4 is 40.2 Å². The van der Waals surface area contributed by atoms with Crippen LogP contribution in [0.4, 0.5) is 4.79 Å². The number of hydrogen-bond acceptors (Lipinski definition) is 5.